The normalized spacial score (nSPS) is 14.6. The van der Waals surface area contributed by atoms with E-state index < -0.39 is 0 Å². The van der Waals surface area contributed by atoms with Crippen LogP contribution in [-0.4, -0.2) is 52.3 Å². The van der Waals surface area contributed by atoms with Crippen molar-refractivity contribution in [1.29, 1.82) is 5.26 Å². The maximum Gasteiger partial charge on any atom is 0.162 e. The van der Waals surface area contributed by atoms with Crippen LogP contribution in [0.15, 0.2) is 59.8 Å². The van der Waals surface area contributed by atoms with Crippen molar-refractivity contribution >= 4 is 17.6 Å². The van der Waals surface area contributed by atoms with Crippen LogP contribution in [0.25, 0.3) is 11.4 Å². The van der Waals surface area contributed by atoms with Crippen molar-refractivity contribution in [3.05, 3.63) is 66.0 Å². The zero-order valence-electron chi connectivity index (χ0n) is 16.3. The van der Waals surface area contributed by atoms with E-state index >= 15 is 0 Å². The quantitative estimate of drug-likeness (QED) is 0.478. The lowest BCUT2D eigenvalue weighted by molar-refractivity contribution is 0.246. The smallest absolute Gasteiger partial charge is 0.162 e. The van der Waals surface area contributed by atoms with Gasteiger partial charge in [0.15, 0.2) is 11.6 Å². The monoisotopic (exact) mass is 402 g/mol. The molecule has 0 saturated carbocycles. The average molecular weight is 403 g/mol. The number of hydrogen-bond donors (Lipinski definition) is 0. The lowest BCUT2D eigenvalue weighted by Crippen LogP contribution is -2.46. The summed E-state index contributed by atoms with van der Waals surface area (Å²) in [6.45, 7) is 4.29. The predicted molar refractivity (Wildman–Crippen MR) is 116 cm³/mol. The number of aromatic nitrogens is 3. The van der Waals surface area contributed by atoms with E-state index in [1.54, 1.807) is 0 Å². The summed E-state index contributed by atoms with van der Waals surface area (Å²) in [6.07, 6.45) is 3.78. The van der Waals surface area contributed by atoms with E-state index in [-0.39, 0.29) is 0 Å². The minimum absolute atomic E-state index is 0.565. The van der Waals surface area contributed by atoms with E-state index in [0.29, 0.717) is 11.4 Å². The maximum atomic E-state index is 9.78. The van der Waals surface area contributed by atoms with Gasteiger partial charge >= 0.3 is 0 Å². The third kappa shape index (κ3) is 4.39. The van der Waals surface area contributed by atoms with Crippen molar-refractivity contribution in [2.45, 2.75) is 11.6 Å². The molecular formula is C22H22N6S. The van der Waals surface area contributed by atoms with Crippen LogP contribution in [0.5, 0.6) is 0 Å². The lowest BCUT2D eigenvalue weighted by atomic mass is 10.2. The van der Waals surface area contributed by atoms with Gasteiger partial charge in [0.25, 0.3) is 0 Å². The molecule has 1 fully saturated rings. The van der Waals surface area contributed by atoms with Gasteiger partial charge in [-0.2, -0.15) is 5.26 Å². The molecule has 0 spiro atoms. The molecular weight excluding hydrogens is 380 g/mol. The first-order valence-electron chi connectivity index (χ1n) is 9.57. The van der Waals surface area contributed by atoms with Crippen molar-refractivity contribution in [3.8, 4) is 17.5 Å². The predicted octanol–water partition coefficient (Wildman–Crippen LogP) is 3.45. The zero-order valence-corrected chi connectivity index (χ0v) is 17.1. The van der Waals surface area contributed by atoms with Crippen LogP contribution >= 0.6 is 11.8 Å². The molecule has 1 aromatic carbocycles. The second-order valence-corrected chi connectivity index (χ2v) is 7.61. The molecule has 6 nitrogen and oxygen atoms in total. The highest BCUT2D eigenvalue weighted by Crippen LogP contribution is 2.30. The first kappa shape index (κ1) is 19.4. The third-order valence-electron chi connectivity index (χ3n) is 4.98. The lowest BCUT2D eigenvalue weighted by Gasteiger charge is -2.35. The first-order chi connectivity index (χ1) is 14.3. The molecule has 4 rings (SSSR count). The van der Waals surface area contributed by atoms with E-state index in [0.717, 1.165) is 54.8 Å². The van der Waals surface area contributed by atoms with Gasteiger partial charge in [-0.3, -0.25) is 9.88 Å². The van der Waals surface area contributed by atoms with Crippen LogP contribution in [0.2, 0.25) is 0 Å². The summed E-state index contributed by atoms with van der Waals surface area (Å²) >= 11 is 1.49. The van der Waals surface area contributed by atoms with Crippen molar-refractivity contribution in [3.63, 3.8) is 0 Å². The van der Waals surface area contributed by atoms with Gasteiger partial charge in [0.2, 0.25) is 0 Å². The fraction of sp³-hybridized carbons (Fsp3) is 0.273. The number of piperazine rings is 1. The number of anilines is 1. The highest BCUT2D eigenvalue weighted by molar-refractivity contribution is 7.98. The Bertz CT molecular complexity index is 995. The molecule has 7 heteroatoms. The van der Waals surface area contributed by atoms with E-state index in [2.05, 4.69) is 31.9 Å². The zero-order chi connectivity index (χ0) is 20.1. The Labute approximate surface area is 175 Å². The van der Waals surface area contributed by atoms with E-state index in [1.807, 2.05) is 54.9 Å². The van der Waals surface area contributed by atoms with Crippen LogP contribution in [0, 0.1) is 11.3 Å². The highest BCUT2D eigenvalue weighted by atomic mass is 32.2. The van der Waals surface area contributed by atoms with Gasteiger partial charge in [0.1, 0.15) is 16.7 Å². The number of pyridine rings is 1. The molecule has 29 heavy (non-hydrogen) atoms. The summed E-state index contributed by atoms with van der Waals surface area (Å²) in [5.74, 6) is 1.41. The van der Waals surface area contributed by atoms with E-state index in [1.165, 1.54) is 11.8 Å². The second kappa shape index (κ2) is 9.03. The maximum absolute atomic E-state index is 9.78. The Morgan fingerprint density at radius 2 is 1.76 bits per heavy atom. The fourth-order valence-corrected chi connectivity index (χ4v) is 3.98. The van der Waals surface area contributed by atoms with Gasteiger partial charge in [-0.1, -0.05) is 36.4 Å². The van der Waals surface area contributed by atoms with Crippen molar-refractivity contribution in [2.75, 3.05) is 37.3 Å². The number of nitrogens with zero attached hydrogens (tertiary/aromatic N) is 6. The van der Waals surface area contributed by atoms with Crippen LogP contribution in [0.4, 0.5) is 5.82 Å². The van der Waals surface area contributed by atoms with E-state index in [4.69, 9.17) is 4.98 Å². The highest BCUT2D eigenvalue weighted by Gasteiger charge is 2.24. The SMILES string of the molecule is CSc1nc(-c2ccccc2)nc(N2CCN(Cc3ccccn3)CC2)c1C#N. The summed E-state index contributed by atoms with van der Waals surface area (Å²) in [5.41, 5.74) is 2.61. The topological polar surface area (TPSA) is 68.9 Å². The first-order valence-corrected chi connectivity index (χ1v) is 10.8. The second-order valence-electron chi connectivity index (χ2n) is 6.82. The molecule has 1 saturated heterocycles. The molecule has 1 aliphatic rings. The molecule has 2 aromatic heterocycles. The molecule has 0 aliphatic carbocycles. The van der Waals surface area contributed by atoms with Crippen LogP contribution < -0.4 is 4.90 Å². The molecule has 0 radical (unpaired) electrons. The molecule has 1 aliphatic heterocycles. The number of hydrogen-bond acceptors (Lipinski definition) is 7. The van der Waals surface area contributed by atoms with Gasteiger partial charge < -0.3 is 4.90 Å². The summed E-state index contributed by atoms with van der Waals surface area (Å²) < 4.78 is 0. The number of rotatable bonds is 5. The van der Waals surface area contributed by atoms with Gasteiger partial charge in [0.05, 0.1) is 5.69 Å². The number of thioether (sulfide) groups is 1. The summed E-state index contributed by atoms with van der Waals surface area (Å²) in [7, 11) is 0. The molecule has 3 heterocycles. The van der Waals surface area contributed by atoms with Gasteiger partial charge in [-0.05, 0) is 18.4 Å². The van der Waals surface area contributed by atoms with Crippen molar-refractivity contribution in [1.82, 2.24) is 19.9 Å². The Hall–Kier alpha value is -2.95. The van der Waals surface area contributed by atoms with Crippen LogP contribution in [0.1, 0.15) is 11.3 Å². The molecule has 0 bridgehead atoms. The molecule has 0 N–H and O–H groups in total. The Kier molecular flexibility index (Phi) is 6.03. The summed E-state index contributed by atoms with van der Waals surface area (Å²) in [6, 6.07) is 18.3. The molecule has 3 aromatic rings. The van der Waals surface area contributed by atoms with Gasteiger partial charge in [0, 0.05) is 44.5 Å². The standard InChI is InChI=1S/C22H22N6S/c1-29-22-19(15-23)21(25-20(26-22)17-7-3-2-4-8-17)28-13-11-27(12-14-28)16-18-9-5-6-10-24-18/h2-10H,11-14,16H2,1H3. The van der Waals surface area contributed by atoms with Gasteiger partial charge in [-0.15, -0.1) is 11.8 Å². The fourth-order valence-electron chi connectivity index (χ4n) is 3.46. The molecule has 0 amide bonds. The Morgan fingerprint density at radius 3 is 2.41 bits per heavy atom. The van der Waals surface area contributed by atoms with E-state index in [9.17, 15) is 5.26 Å². The average Bonchev–Trinajstić information content (AvgIpc) is 2.80. The Morgan fingerprint density at radius 1 is 1.00 bits per heavy atom. The number of benzene rings is 1. The van der Waals surface area contributed by atoms with Crippen LogP contribution in [0.3, 0.4) is 0 Å². The summed E-state index contributed by atoms with van der Waals surface area (Å²) in [4.78, 5) is 18.5. The third-order valence-corrected chi connectivity index (χ3v) is 5.66. The summed E-state index contributed by atoms with van der Waals surface area (Å²) in [5, 5.41) is 10.5. The van der Waals surface area contributed by atoms with Crippen molar-refractivity contribution in [2.24, 2.45) is 0 Å². The Balaban J connectivity index is 1.57. The number of nitriles is 1. The van der Waals surface area contributed by atoms with Gasteiger partial charge in [-0.25, -0.2) is 9.97 Å². The minimum Gasteiger partial charge on any atom is -0.353 e. The molecule has 0 atom stereocenters. The molecule has 0 unspecified atom stereocenters. The molecule has 146 valence electrons. The minimum atomic E-state index is 0.565. The largest absolute Gasteiger partial charge is 0.353 e. The van der Waals surface area contributed by atoms with Crippen molar-refractivity contribution < 1.29 is 0 Å². The van der Waals surface area contributed by atoms with Crippen LogP contribution in [-0.2, 0) is 6.54 Å².